The van der Waals surface area contributed by atoms with Crippen molar-refractivity contribution in [3.05, 3.63) is 53.4 Å². The molecule has 1 aromatic heterocycles. The highest BCUT2D eigenvalue weighted by Gasteiger charge is 2.06. The molecule has 0 bridgehead atoms. The summed E-state index contributed by atoms with van der Waals surface area (Å²) in [5, 5.41) is 9.32. The molecule has 0 radical (unpaired) electrons. The van der Waals surface area contributed by atoms with E-state index < -0.39 is 0 Å². The molecule has 0 saturated carbocycles. The molecular weight excluding hydrogens is 260 g/mol. The van der Waals surface area contributed by atoms with Gasteiger partial charge in [-0.1, -0.05) is 35.9 Å². The number of nitrogens with one attached hydrogen (secondary N) is 1. The second kappa shape index (κ2) is 7.79. The zero-order chi connectivity index (χ0) is 15.1. The Morgan fingerprint density at radius 3 is 2.95 bits per heavy atom. The predicted octanol–water partition coefficient (Wildman–Crippen LogP) is 4.29. The van der Waals surface area contributed by atoms with E-state index in [4.69, 9.17) is 0 Å². The summed E-state index contributed by atoms with van der Waals surface area (Å²) < 4.78 is 0. The van der Waals surface area contributed by atoms with Crippen molar-refractivity contribution in [2.24, 2.45) is 0 Å². The Labute approximate surface area is 126 Å². The van der Waals surface area contributed by atoms with Crippen molar-refractivity contribution in [1.82, 2.24) is 9.97 Å². The minimum atomic E-state index is 0.0383. The molecule has 0 spiro atoms. The van der Waals surface area contributed by atoms with E-state index in [1.54, 1.807) is 0 Å². The number of nitrogens with zero attached hydrogens (tertiary/aromatic N) is 1. The molecule has 21 heavy (non-hydrogen) atoms. The van der Waals surface area contributed by atoms with E-state index in [2.05, 4.69) is 35.1 Å². The topological polar surface area (TPSA) is 48.9 Å². The molecule has 1 heterocycles. The number of fused-ring (bicyclic) bond motifs is 1. The third-order valence-electron chi connectivity index (χ3n) is 3.58. The van der Waals surface area contributed by atoms with Gasteiger partial charge < -0.3 is 10.1 Å². The number of para-hydroxylation sites is 1. The van der Waals surface area contributed by atoms with Crippen molar-refractivity contribution in [1.29, 1.82) is 0 Å². The Kier molecular flexibility index (Phi) is 5.76. The molecule has 1 aromatic carbocycles. The van der Waals surface area contributed by atoms with Crippen molar-refractivity contribution >= 4 is 11.0 Å². The lowest BCUT2D eigenvalue weighted by Crippen LogP contribution is -1.88. The fourth-order valence-electron chi connectivity index (χ4n) is 2.49. The third-order valence-corrected chi connectivity index (χ3v) is 3.58. The zero-order valence-electron chi connectivity index (χ0n) is 12.9. The number of H-pyrrole nitrogens is 1. The summed E-state index contributed by atoms with van der Waals surface area (Å²) in [6.07, 6.45) is 10.8. The van der Waals surface area contributed by atoms with Crippen molar-refractivity contribution in [2.45, 2.75) is 46.1 Å². The van der Waals surface area contributed by atoms with Crippen LogP contribution in [0, 0.1) is 0 Å². The van der Waals surface area contributed by atoms with Crippen LogP contribution < -0.4 is 0 Å². The second-order valence-electron chi connectivity index (χ2n) is 5.35. The molecule has 3 nitrogen and oxygen atoms in total. The van der Waals surface area contributed by atoms with Gasteiger partial charge >= 0.3 is 0 Å². The monoisotopic (exact) mass is 284 g/mol. The minimum Gasteiger partial charge on any atom is -0.392 e. The summed E-state index contributed by atoms with van der Waals surface area (Å²) in [7, 11) is 0. The average Bonchev–Trinajstić information content (AvgIpc) is 2.89. The zero-order valence-corrected chi connectivity index (χ0v) is 12.9. The van der Waals surface area contributed by atoms with Gasteiger partial charge in [0, 0.05) is 12.0 Å². The Morgan fingerprint density at radius 1 is 1.33 bits per heavy atom. The van der Waals surface area contributed by atoms with Gasteiger partial charge in [-0.25, -0.2) is 4.98 Å². The molecule has 0 aliphatic rings. The number of aromatic amines is 1. The Hall–Kier alpha value is -1.87. The Balaban J connectivity index is 1.88. The first-order valence-corrected chi connectivity index (χ1v) is 7.61. The third kappa shape index (κ3) is 4.30. The van der Waals surface area contributed by atoms with Crippen LogP contribution in [0.25, 0.3) is 11.0 Å². The first-order valence-electron chi connectivity index (χ1n) is 7.61. The Bertz CT molecular complexity index is 638. The smallest absolute Gasteiger partial charge is 0.107 e. The SMILES string of the molecule is CC=CC(C)=CCCCCc1nc2c(CO)cccc2[nH]1. The van der Waals surface area contributed by atoms with Crippen LogP contribution in [0.3, 0.4) is 0 Å². The van der Waals surface area contributed by atoms with Crippen molar-refractivity contribution in [2.75, 3.05) is 0 Å². The molecule has 112 valence electrons. The molecular formula is C18H24N2O. The van der Waals surface area contributed by atoms with E-state index in [9.17, 15) is 5.11 Å². The van der Waals surface area contributed by atoms with Crippen LogP contribution in [0.15, 0.2) is 42.0 Å². The molecule has 3 heteroatoms. The van der Waals surface area contributed by atoms with Crippen molar-refractivity contribution < 1.29 is 5.11 Å². The van der Waals surface area contributed by atoms with Gasteiger partial charge in [-0.2, -0.15) is 0 Å². The number of aryl methyl sites for hydroxylation is 1. The largest absolute Gasteiger partial charge is 0.392 e. The predicted molar refractivity (Wildman–Crippen MR) is 88.1 cm³/mol. The maximum Gasteiger partial charge on any atom is 0.107 e. The molecule has 2 aromatic rings. The summed E-state index contributed by atoms with van der Waals surface area (Å²) in [6.45, 7) is 4.21. The molecule has 2 N–H and O–H groups in total. The maximum atomic E-state index is 9.32. The molecule has 0 aliphatic heterocycles. The standard InChI is InChI=1S/C18H24N2O/c1-3-8-14(2)9-5-4-6-12-17-19-16-11-7-10-15(13-21)18(16)20-17/h3,7-11,21H,4-6,12-13H2,1-2H3,(H,19,20). The van der Waals surface area contributed by atoms with E-state index in [0.29, 0.717) is 0 Å². The van der Waals surface area contributed by atoms with E-state index >= 15 is 0 Å². The number of aromatic nitrogens is 2. The highest BCUT2D eigenvalue weighted by Crippen LogP contribution is 2.17. The quantitative estimate of drug-likeness (QED) is 0.588. The van der Waals surface area contributed by atoms with Gasteiger partial charge in [0.05, 0.1) is 17.6 Å². The number of rotatable bonds is 7. The van der Waals surface area contributed by atoms with Gasteiger partial charge in [0.25, 0.3) is 0 Å². The summed E-state index contributed by atoms with van der Waals surface area (Å²) in [6, 6.07) is 5.88. The van der Waals surface area contributed by atoms with Crippen molar-refractivity contribution in [3.8, 4) is 0 Å². The normalized spacial score (nSPS) is 12.6. The number of imidazole rings is 1. The highest BCUT2D eigenvalue weighted by atomic mass is 16.3. The molecule has 0 amide bonds. The summed E-state index contributed by atoms with van der Waals surface area (Å²) >= 11 is 0. The molecule has 0 unspecified atom stereocenters. The maximum absolute atomic E-state index is 9.32. The second-order valence-corrected chi connectivity index (χ2v) is 5.35. The number of aliphatic hydroxyl groups excluding tert-OH is 1. The van der Waals surface area contributed by atoms with Crippen LogP contribution in [-0.4, -0.2) is 15.1 Å². The van der Waals surface area contributed by atoms with Gasteiger partial charge in [-0.15, -0.1) is 0 Å². The molecule has 0 atom stereocenters. The summed E-state index contributed by atoms with van der Waals surface area (Å²) in [4.78, 5) is 7.95. The van der Waals surface area contributed by atoms with E-state index in [0.717, 1.165) is 41.7 Å². The van der Waals surface area contributed by atoms with Gasteiger partial charge in [-0.05, 0) is 39.2 Å². The van der Waals surface area contributed by atoms with E-state index in [1.807, 2.05) is 25.1 Å². The summed E-state index contributed by atoms with van der Waals surface area (Å²) in [5.41, 5.74) is 4.13. The van der Waals surface area contributed by atoms with Crippen LogP contribution in [0.5, 0.6) is 0 Å². The van der Waals surface area contributed by atoms with Crippen LogP contribution >= 0.6 is 0 Å². The first kappa shape index (κ1) is 15.5. The van der Waals surface area contributed by atoms with Crippen LogP contribution in [0.1, 0.15) is 44.5 Å². The van der Waals surface area contributed by atoms with Crippen molar-refractivity contribution in [3.63, 3.8) is 0 Å². The number of benzene rings is 1. The molecule has 0 saturated heterocycles. The lowest BCUT2D eigenvalue weighted by molar-refractivity contribution is 0.283. The average molecular weight is 284 g/mol. The highest BCUT2D eigenvalue weighted by molar-refractivity contribution is 5.78. The number of unbranched alkanes of at least 4 members (excludes halogenated alkanes) is 2. The van der Waals surface area contributed by atoms with Gasteiger partial charge in [0.15, 0.2) is 0 Å². The van der Waals surface area contributed by atoms with Gasteiger partial charge in [0.2, 0.25) is 0 Å². The first-order chi connectivity index (χ1) is 10.2. The number of allylic oxidation sites excluding steroid dienone is 4. The lowest BCUT2D eigenvalue weighted by atomic mass is 10.1. The number of hydrogen-bond donors (Lipinski definition) is 2. The fourth-order valence-corrected chi connectivity index (χ4v) is 2.49. The van der Waals surface area contributed by atoms with Gasteiger partial charge in [-0.3, -0.25) is 0 Å². The number of aliphatic hydroxyl groups is 1. The van der Waals surface area contributed by atoms with E-state index in [1.165, 1.54) is 12.0 Å². The molecule has 2 rings (SSSR count). The molecule has 0 fully saturated rings. The number of hydrogen-bond acceptors (Lipinski definition) is 2. The fraction of sp³-hybridized carbons (Fsp3) is 0.389. The van der Waals surface area contributed by atoms with Crippen LogP contribution in [-0.2, 0) is 13.0 Å². The minimum absolute atomic E-state index is 0.0383. The van der Waals surface area contributed by atoms with Crippen LogP contribution in [0.4, 0.5) is 0 Å². The van der Waals surface area contributed by atoms with Crippen LogP contribution in [0.2, 0.25) is 0 Å². The lowest BCUT2D eigenvalue weighted by Gasteiger charge is -1.97. The van der Waals surface area contributed by atoms with E-state index in [-0.39, 0.29) is 6.61 Å². The van der Waals surface area contributed by atoms with Gasteiger partial charge in [0.1, 0.15) is 5.82 Å². The molecule has 0 aliphatic carbocycles. The Morgan fingerprint density at radius 2 is 2.19 bits per heavy atom. The summed E-state index contributed by atoms with van der Waals surface area (Å²) in [5.74, 6) is 1.01.